The Bertz CT molecular complexity index is 575. The third kappa shape index (κ3) is 2.24. The van der Waals surface area contributed by atoms with E-state index >= 15 is 0 Å². The van der Waals surface area contributed by atoms with Gasteiger partial charge in [0.25, 0.3) is 0 Å². The number of benzene rings is 1. The molecule has 0 spiro atoms. The van der Waals surface area contributed by atoms with Gasteiger partial charge in [-0.3, -0.25) is 4.68 Å². The van der Waals surface area contributed by atoms with Crippen molar-refractivity contribution >= 4 is 34.8 Å². The second kappa shape index (κ2) is 5.10. The van der Waals surface area contributed by atoms with Crippen LogP contribution in [0.15, 0.2) is 18.2 Å². The summed E-state index contributed by atoms with van der Waals surface area (Å²) in [5.41, 5.74) is 1.61. The van der Waals surface area contributed by atoms with Gasteiger partial charge in [-0.2, -0.15) is 5.10 Å². The van der Waals surface area contributed by atoms with E-state index in [-0.39, 0.29) is 0 Å². The molecule has 0 fully saturated rings. The summed E-state index contributed by atoms with van der Waals surface area (Å²) < 4.78 is 1.50. The fraction of sp³-hybridized carbons (Fsp3) is 0.250. The van der Waals surface area contributed by atoms with Crippen LogP contribution in [0.5, 0.6) is 0 Å². The number of nitrogens with zero attached hydrogens (tertiary/aromatic N) is 2. The number of hydrogen-bond donors (Lipinski definition) is 1. The summed E-state index contributed by atoms with van der Waals surface area (Å²) in [6.07, 6.45) is -0.993. The summed E-state index contributed by atoms with van der Waals surface area (Å²) >= 11 is 18.3. The van der Waals surface area contributed by atoms with Gasteiger partial charge in [-0.15, -0.1) is 0 Å². The molecular formula is C12H11Cl3N2O. The SMILES string of the molecule is Cc1nn(C)c(Cl)c1C(O)c1c(Cl)cccc1Cl. The highest BCUT2D eigenvalue weighted by Crippen LogP contribution is 2.37. The Balaban J connectivity index is 2.58. The van der Waals surface area contributed by atoms with Gasteiger partial charge in [0.05, 0.1) is 5.69 Å². The van der Waals surface area contributed by atoms with Crippen LogP contribution in [0.2, 0.25) is 15.2 Å². The lowest BCUT2D eigenvalue weighted by atomic mass is 10.0. The predicted octanol–water partition coefficient (Wildman–Crippen LogP) is 3.77. The molecule has 3 nitrogen and oxygen atoms in total. The van der Waals surface area contributed by atoms with Crippen LogP contribution < -0.4 is 0 Å². The first-order valence-electron chi connectivity index (χ1n) is 5.24. The van der Waals surface area contributed by atoms with E-state index in [9.17, 15) is 5.11 Å². The Kier molecular flexibility index (Phi) is 3.87. The van der Waals surface area contributed by atoms with E-state index in [1.807, 2.05) is 0 Å². The molecule has 1 aromatic carbocycles. The van der Waals surface area contributed by atoms with Crippen molar-refractivity contribution in [2.45, 2.75) is 13.0 Å². The smallest absolute Gasteiger partial charge is 0.133 e. The first-order valence-corrected chi connectivity index (χ1v) is 6.37. The lowest BCUT2D eigenvalue weighted by molar-refractivity contribution is 0.220. The maximum Gasteiger partial charge on any atom is 0.133 e. The highest BCUT2D eigenvalue weighted by atomic mass is 35.5. The Morgan fingerprint density at radius 2 is 1.72 bits per heavy atom. The van der Waals surface area contributed by atoms with Gasteiger partial charge in [0.15, 0.2) is 0 Å². The molecule has 0 aliphatic carbocycles. The third-order valence-electron chi connectivity index (χ3n) is 2.74. The quantitative estimate of drug-likeness (QED) is 0.917. The maximum atomic E-state index is 10.4. The second-order valence-electron chi connectivity index (χ2n) is 3.95. The molecule has 96 valence electrons. The topological polar surface area (TPSA) is 38.0 Å². The van der Waals surface area contributed by atoms with Gasteiger partial charge in [0.2, 0.25) is 0 Å². The standard InChI is InChI=1S/C12H11Cl3N2O/c1-6-9(12(15)17(2)16-6)11(18)10-7(13)4-3-5-8(10)14/h3-5,11,18H,1-2H3. The van der Waals surface area contributed by atoms with E-state index < -0.39 is 6.10 Å². The van der Waals surface area contributed by atoms with E-state index in [4.69, 9.17) is 34.8 Å². The summed E-state index contributed by atoms with van der Waals surface area (Å²) in [4.78, 5) is 0. The lowest BCUT2D eigenvalue weighted by Crippen LogP contribution is -2.03. The average Bonchev–Trinajstić information content (AvgIpc) is 2.52. The molecule has 0 radical (unpaired) electrons. The first kappa shape index (κ1) is 13.7. The molecule has 1 unspecified atom stereocenters. The monoisotopic (exact) mass is 304 g/mol. The van der Waals surface area contributed by atoms with Crippen LogP contribution in [0.1, 0.15) is 22.9 Å². The molecule has 1 aromatic heterocycles. The Labute approximate surface area is 120 Å². The van der Waals surface area contributed by atoms with E-state index in [2.05, 4.69) is 5.10 Å². The highest BCUT2D eigenvalue weighted by Gasteiger charge is 2.24. The van der Waals surface area contributed by atoms with Crippen molar-refractivity contribution in [3.05, 3.63) is 50.2 Å². The van der Waals surface area contributed by atoms with E-state index in [0.717, 1.165) is 0 Å². The average molecular weight is 306 g/mol. The number of rotatable bonds is 2. The van der Waals surface area contributed by atoms with Crippen LogP contribution in [0.4, 0.5) is 0 Å². The third-order valence-corrected chi connectivity index (χ3v) is 3.85. The summed E-state index contributed by atoms with van der Waals surface area (Å²) in [7, 11) is 1.71. The van der Waals surface area contributed by atoms with Crippen LogP contribution in [0.3, 0.4) is 0 Å². The molecule has 1 atom stereocenters. The molecule has 2 rings (SSSR count). The van der Waals surface area contributed by atoms with Crippen LogP contribution in [0.25, 0.3) is 0 Å². The molecule has 1 heterocycles. The summed E-state index contributed by atoms with van der Waals surface area (Å²) in [5.74, 6) is 0. The van der Waals surface area contributed by atoms with Gasteiger partial charge >= 0.3 is 0 Å². The van der Waals surface area contributed by atoms with Crippen LogP contribution in [0, 0.1) is 6.92 Å². The summed E-state index contributed by atoms with van der Waals surface area (Å²) in [6, 6.07) is 5.07. The van der Waals surface area contributed by atoms with Crippen molar-refractivity contribution in [1.29, 1.82) is 0 Å². The van der Waals surface area contributed by atoms with Crippen LogP contribution >= 0.6 is 34.8 Å². The highest BCUT2D eigenvalue weighted by molar-refractivity contribution is 6.36. The zero-order valence-corrected chi connectivity index (χ0v) is 12.1. The Morgan fingerprint density at radius 3 is 2.17 bits per heavy atom. The molecule has 0 aliphatic rings. The maximum absolute atomic E-state index is 10.4. The minimum atomic E-state index is -0.993. The van der Waals surface area contributed by atoms with Crippen LogP contribution in [-0.2, 0) is 7.05 Å². The van der Waals surface area contributed by atoms with Crippen molar-refractivity contribution in [2.75, 3.05) is 0 Å². The van der Waals surface area contributed by atoms with Gasteiger partial charge < -0.3 is 5.11 Å². The van der Waals surface area contributed by atoms with Gasteiger partial charge in [-0.05, 0) is 19.1 Å². The number of halogens is 3. The molecule has 6 heteroatoms. The minimum Gasteiger partial charge on any atom is -0.383 e. The molecule has 1 N–H and O–H groups in total. The summed E-state index contributed by atoms with van der Waals surface area (Å²) in [5, 5.41) is 15.7. The molecule has 0 saturated heterocycles. The normalized spacial score (nSPS) is 12.8. The van der Waals surface area contributed by atoms with Gasteiger partial charge in [0, 0.05) is 28.2 Å². The molecule has 2 aromatic rings. The molecule has 18 heavy (non-hydrogen) atoms. The molecule has 0 bridgehead atoms. The van der Waals surface area contributed by atoms with Crippen molar-refractivity contribution in [2.24, 2.45) is 7.05 Å². The minimum absolute atomic E-state index is 0.371. The summed E-state index contributed by atoms with van der Waals surface area (Å²) in [6.45, 7) is 1.77. The van der Waals surface area contributed by atoms with Crippen molar-refractivity contribution in [1.82, 2.24) is 9.78 Å². The van der Waals surface area contributed by atoms with Crippen LogP contribution in [-0.4, -0.2) is 14.9 Å². The fourth-order valence-corrected chi connectivity index (χ4v) is 2.76. The first-order chi connectivity index (χ1) is 8.43. The lowest BCUT2D eigenvalue weighted by Gasteiger charge is -2.14. The van der Waals surface area contributed by atoms with Crippen molar-refractivity contribution in [3.8, 4) is 0 Å². The zero-order valence-electron chi connectivity index (χ0n) is 9.78. The largest absolute Gasteiger partial charge is 0.383 e. The second-order valence-corrected chi connectivity index (χ2v) is 5.12. The number of hydrogen-bond acceptors (Lipinski definition) is 2. The van der Waals surface area contributed by atoms with E-state index in [0.29, 0.717) is 32.0 Å². The van der Waals surface area contributed by atoms with E-state index in [1.165, 1.54) is 4.68 Å². The number of aromatic nitrogens is 2. The predicted molar refractivity (Wildman–Crippen MR) is 73.5 cm³/mol. The zero-order chi connectivity index (χ0) is 13.4. The molecular weight excluding hydrogens is 295 g/mol. The number of aliphatic hydroxyl groups excluding tert-OH is 1. The molecule has 0 aliphatic heterocycles. The molecule has 0 saturated carbocycles. The van der Waals surface area contributed by atoms with E-state index in [1.54, 1.807) is 32.2 Å². The molecule has 0 amide bonds. The van der Waals surface area contributed by atoms with Gasteiger partial charge in [-0.25, -0.2) is 0 Å². The van der Waals surface area contributed by atoms with Gasteiger partial charge in [0.1, 0.15) is 11.3 Å². The number of aryl methyl sites for hydroxylation is 2. The Morgan fingerprint density at radius 1 is 1.17 bits per heavy atom. The fourth-order valence-electron chi connectivity index (χ4n) is 1.87. The van der Waals surface area contributed by atoms with Crippen molar-refractivity contribution in [3.63, 3.8) is 0 Å². The Hall–Kier alpha value is -0.740. The number of aliphatic hydroxyl groups is 1. The van der Waals surface area contributed by atoms with Gasteiger partial charge in [-0.1, -0.05) is 40.9 Å². The van der Waals surface area contributed by atoms with Crippen molar-refractivity contribution < 1.29 is 5.11 Å².